The average Bonchev–Trinajstić information content (AvgIpc) is 2.48. The van der Waals surface area contributed by atoms with Gasteiger partial charge in [0.15, 0.2) is 5.75 Å². The molecule has 0 spiro atoms. The minimum atomic E-state index is -0.466. The molecule has 21 heavy (non-hydrogen) atoms. The van der Waals surface area contributed by atoms with Gasteiger partial charge in [0.05, 0.1) is 15.5 Å². The SMILES string of the molecule is CCNCc1ccc(Oc2cc([N+](=O)[O-])ccc2Br)nc1. The molecule has 0 bridgehead atoms. The van der Waals surface area contributed by atoms with Gasteiger partial charge in [-0.05, 0) is 34.1 Å². The lowest BCUT2D eigenvalue weighted by Crippen LogP contribution is -2.11. The smallest absolute Gasteiger partial charge is 0.273 e. The van der Waals surface area contributed by atoms with Gasteiger partial charge in [-0.1, -0.05) is 13.0 Å². The summed E-state index contributed by atoms with van der Waals surface area (Å²) >= 11 is 3.30. The van der Waals surface area contributed by atoms with Crippen molar-refractivity contribution in [3.8, 4) is 11.6 Å². The zero-order valence-corrected chi connectivity index (χ0v) is 13.0. The Labute approximate surface area is 130 Å². The van der Waals surface area contributed by atoms with Crippen LogP contribution in [0.4, 0.5) is 5.69 Å². The molecule has 1 heterocycles. The number of benzene rings is 1. The lowest BCUT2D eigenvalue weighted by Gasteiger charge is -2.07. The molecule has 0 fully saturated rings. The molecule has 0 amide bonds. The fourth-order valence-electron chi connectivity index (χ4n) is 1.64. The van der Waals surface area contributed by atoms with Crippen LogP contribution >= 0.6 is 15.9 Å². The molecule has 110 valence electrons. The molecule has 1 aromatic heterocycles. The highest BCUT2D eigenvalue weighted by Crippen LogP contribution is 2.32. The van der Waals surface area contributed by atoms with Crippen LogP contribution in [-0.4, -0.2) is 16.5 Å². The molecule has 6 nitrogen and oxygen atoms in total. The summed E-state index contributed by atoms with van der Waals surface area (Å²) in [5.74, 6) is 0.743. The van der Waals surface area contributed by atoms with Gasteiger partial charge in [-0.3, -0.25) is 10.1 Å². The second-order valence-electron chi connectivity index (χ2n) is 4.26. The largest absolute Gasteiger partial charge is 0.438 e. The Morgan fingerprint density at radius 1 is 1.38 bits per heavy atom. The third-order valence-electron chi connectivity index (χ3n) is 2.72. The van der Waals surface area contributed by atoms with Gasteiger partial charge in [0.2, 0.25) is 5.88 Å². The first-order valence-corrected chi connectivity index (χ1v) is 7.17. The summed E-state index contributed by atoms with van der Waals surface area (Å²) in [7, 11) is 0. The van der Waals surface area contributed by atoms with Gasteiger partial charge in [0, 0.05) is 24.9 Å². The van der Waals surface area contributed by atoms with Gasteiger partial charge in [-0.15, -0.1) is 0 Å². The summed E-state index contributed by atoms with van der Waals surface area (Å²) in [4.78, 5) is 14.5. The number of pyridine rings is 1. The van der Waals surface area contributed by atoms with Crippen molar-refractivity contribution in [1.82, 2.24) is 10.3 Å². The third-order valence-corrected chi connectivity index (χ3v) is 3.37. The van der Waals surface area contributed by atoms with Crippen molar-refractivity contribution in [2.45, 2.75) is 13.5 Å². The zero-order chi connectivity index (χ0) is 15.2. The Kier molecular flexibility index (Phi) is 5.24. The second-order valence-corrected chi connectivity index (χ2v) is 5.11. The van der Waals surface area contributed by atoms with Crippen LogP contribution in [0, 0.1) is 10.1 Å². The van der Waals surface area contributed by atoms with E-state index in [1.165, 1.54) is 12.1 Å². The fourth-order valence-corrected chi connectivity index (χ4v) is 1.97. The Bertz CT molecular complexity index is 632. The Balaban J connectivity index is 2.14. The summed E-state index contributed by atoms with van der Waals surface area (Å²) in [6.07, 6.45) is 1.71. The van der Waals surface area contributed by atoms with E-state index in [4.69, 9.17) is 4.74 Å². The van der Waals surface area contributed by atoms with Crippen LogP contribution in [0.2, 0.25) is 0 Å². The van der Waals surface area contributed by atoms with Crippen LogP contribution in [0.15, 0.2) is 41.0 Å². The highest BCUT2D eigenvalue weighted by molar-refractivity contribution is 9.10. The quantitative estimate of drug-likeness (QED) is 0.634. The first-order valence-electron chi connectivity index (χ1n) is 6.37. The third kappa shape index (κ3) is 4.24. The predicted molar refractivity (Wildman–Crippen MR) is 82.5 cm³/mol. The van der Waals surface area contributed by atoms with Gasteiger partial charge < -0.3 is 10.1 Å². The van der Waals surface area contributed by atoms with Crippen molar-refractivity contribution in [2.24, 2.45) is 0 Å². The molecule has 1 aromatic carbocycles. The first kappa shape index (κ1) is 15.4. The second kappa shape index (κ2) is 7.14. The van der Waals surface area contributed by atoms with Crippen LogP contribution in [-0.2, 0) is 6.54 Å². The number of nitro benzene ring substituents is 1. The summed E-state index contributed by atoms with van der Waals surface area (Å²) in [5, 5.41) is 14.0. The number of aromatic nitrogens is 1. The van der Waals surface area contributed by atoms with E-state index in [1.807, 2.05) is 13.0 Å². The minimum absolute atomic E-state index is 0.0306. The van der Waals surface area contributed by atoms with E-state index in [0.717, 1.165) is 18.7 Å². The van der Waals surface area contributed by atoms with Gasteiger partial charge in [0.1, 0.15) is 0 Å². The van der Waals surface area contributed by atoms with Crippen molar-refractivity contribution < 1.29 is 9.66 Å². The summed E-state index contributed by atoms with van der Waals surface area (Å²) in [5.41, 5.74) is 1.01. The topological polar surface area (TPSA) is 77.3 Å². The molecule has 0 unspecified atom stereocenters. The molecule has 2 rings (SSSR count). The van der Waals surface area contributed by atoms with Crippen LogP contribution in [0.3, 0.4) is 0 Å². The maximum atomic E-state index is 10.8. The molecule has 0 saturated carbocycles. The zero-order valence-electron chi connectivity index (χ0n) is 11.4. The molecular weight excluding hydrogens is 338 g/mol. The van der Waals surface area contributed by atoms with E-state index in [0.29, 0.717) is 16.1 Å². The predicted octanol–water partition coefficient (Wildman–Crippen LogP) is 3.65. The van der Waals surface area contributed by atoms with Crippen LogP contribution in [0.25, 0.3) is 0 Å². The van der Waals surface area contributed by atoms with Crippen molar-refractivity contribution in [3.05, 3.63) is 56.7 Å². The molecular formula is C14H14BrN3O3. The van der Waals surface area contributed by atoms with Crippen LogP contribution in [0.1, 0.15) is 12.5 Å². The molecule has 7 heteroatoms. The average molecular weight is 352 g/mol. The van der Waals surface area contributed by atoms with Crippen LogP contribution < -0.4 is 10.1 Å². The summed E-state index contributed by atoms with van der Waals surface area (Å²) in [6, 6.07) is 7.98. The monoisotopic (exact) mass is 351 g/mol. The number of halogens is 1. The van der Waals surface area contributed by atoms with Crippen molar-refractivity contribution in [3.63, 3.8) is 0 Å². The Morgan fingerprint density at radius 2 is 2.19 bits per heavy atom. The maximum Gasteiger partial charge on any atom is 0.273 e. The van der Waals surface area contributed by atoms with Crippen LogP contribution in [0.5, 0.6) is 11.6 Å². The lowest BCUT2D eigenvalue weighted by molar-refractivity contribution is -0.384. The van der Waals surface area contributed by atoms with E-state index >= 15 is 0 Å². The number of non-ortho nitro benzene ring substituents is 1. The minimum Gasteiger partial charge on any atom is -0.438 e. The number of hydrogen-bond donors (Lipinski definition) is 1. The van der Waals surface area contributed by atoms with Crippen molar-refractivity contribution in [1.29, 1.82) is 0 Å². The number of nitrogens with zero attached hydrogens (tertiary/aromatic N) is 2. The highest BCUT2D eigenvalue weighted by atomic mass is 79.9. The number of nitrogens with one attached hydrogen (secondary N) is 1. The Hall–Kier alpha value is -1.99. The lowest BCUT2D eigenvalue weighted by atomic mass is 10.3. The highest BCUT2D eigenvalue weighted by Gasteiger charge is 2.11. The number of nitro groups is 1. The standard InChI is InChI=1S/C14H14BrN3O3/c1-2-16-8-10-3-6-14(17-9-10)21-13-7-11(18(19)20)4-5-12(13)15/h3-7,9,16H,2,8H2,1H3. The van der Waals surface area contributed by atoms with Gasteiger partial charge in [-0.25, -0.2) is 4.98 Å². The molecule has 0 aliphatic rings. The van der Waals surface area contributed by atoms with Gasteiger partial charge in [-0.2, -0.15) is 0 Å². The van der Waals surface area contributed by atoms with E-state index in [9.17, 15) is 10.1 Å². The molecule has 0 radical (unpaired) electrons. The van der Waals surface area contributed by atoms with Crippen molar-refractivity contribution >= 4 is 21.6 Å². The van der Waals surface area contributed by atoms with E-state index < -0.39 is 4.92 Å². The number of rotatable bonds is 6. The number of ether oxygens (including phenoxy) is 1. The molecule has 2 aromatic rings. The Morgan fingerprint density at radius 3 is 2.81 bits per heavy atom. The van der Waals surface area contributed by atoms with Crippen molar-refractivity contribution in [2.75, 3.05) is 6.54 Å². The van der Waals surface area contributed by atoms with E-state index in [1.54, 1.807) is 18.3 Å². The maximum absolute atomic E-state index is 10.8. The van der Waals surface area contributed by atoms with E-state index in [2.05, 4.69) is 26.2 Å². The summed E-state index contributed by atoms with van der Waals surface area (Å²) in [6.45, 7) is 3.66. The molecule has 0 atom stereocenters. The van der Waals surface area contributed by atoms with E-state index in [-0.39, 0.29) is 5.69 Å². The molecule has 0 aliphatic carbocycles. The van der Waals surface area contributed by atoms with Gasteiger partial charge in [0.25, 0.3) is 5.69 Å². The summed E-state index contributed by atoms with van der Waals surface area (Å²) < 4.78 is 6.21. The number of hydrogen-bond acceptors (Lipinski definition) is 5. The molecule has 0 aliphatic heterocycles. The molecule has 1 N–H and O–H groups in total. The van der Waals surface area contributed by atoms with Gasteiger partial charge >= 0.3 is 0 Å². The molecule has 0 saturated heterocycles. The normalized spacial score (nSPS) is 10.4. The first-order chi connectivity index (χ1) is 10.1. The fraction of sp³-hybridized carbons (Fsp3) is 0.214.